The van der Waals surface area contributed by atoms with E-state index in [2.05, 4.69) is 29.3 Å². The molecule has 2 aromatic rings. The number of nitrogen functional groups attached to an aromatic ring is 1. The van der Waals surface area contributed by atoms with E-state index in [9.17, 15) is 0 Å². The lowest BCUT2D eigenvalue weighted by atomic mass is 10.1. The summed E-state index contributed by atoms with van der Waals surface area (Å²) in [5.41, 5.74) is 9.35. The fraction of sp³-hybridized carbons (Fsp3) is 0.200. The molecule has 92 valence electrons. The first-order valence-electron chi connectivity index (χ1n) is 6.14. The summed E-state index contributed by atoms with van der Waals surface area (Å²) in [5, 5.41) is 8.35. The van der Waals surface area contributed by atoms with Crippen LogP contribution in [0, 0.1) is 0 Å². The molecule has 0 unspecified atom stereocenters. The Morgan fingerprint density at radius 2 is 1.33 bits per heavy atom. The molecule has 0 aliphatic carbocycles. The number of rotatable bonds is 4. The van der Waals surface area contributed by atoms with E-state index in [-0.39, 0.29) is 0 Å². The average molecular weight is 239 g/mol. The fourth-order valence-electron chi connectivity index (χ4n) is 1.67. The second-order valence-electron chi connectivity index (χ2n) is 4.21. The molecule has 18 heavy (non-hydrogen) atoms. The summed E-state index contributed by atoms with van der Waals surface area (Å²) >= 11 is 0. The van der Waals surface area contributed by atoms with Crippen molar-refractivity contribution in [1.29, 1.82) is 0 Å². The van der Waals surface area contributed by atoms with Crippen LogP contribution in [-0.4, -0.2) is 0 Å². The molecule has 0 aliphatic heterocycles. The van der Waals surface area contributed by atoms with Crippen molar-refractivity contribution in [1.82, 2.24) is 0 Å². The third kappa shape index (κ3) is 3.42. The summed E-state index contributed by atoms with van der Waals surface area (Å²) in [4.78, 5) is 0. The van der Waals surface area contributed by atoms with Crippen LogP contribution < -0.4 is 5.73 Å². The van der Waals surface area contributed by atoms with E-state index in [1.54, 1.807) is 0 Å². The van der Waals surface area contributed by atoms with Gasteiger partial charge in [-0.2, -0.15) is 10.2 Å². The third-order valence-electron chi connectivity index (χ3n) is 2.65. The molecule has 0 fully saturated rings. The molecule has 0 saturated heterocycles. The highest BCUT2D eigenvalue weighted by Gasteiger charge is 1.93. The van der Waals surface area contributed by atoms with Crippen LogP contribution in [0.15, 0.2) is 58.8 Å². The number of anilines is 1. The van der Waals surface area contributed by atoms with Crippen LogP contribution in [0.1, 0.15) is 18.9 Å². The van der Waals surface area contributed by atoms with Crippen molar-refractivity contribution in [2.75, 3.05) is 5.73 Å². The number of azo groups is 1. The van der Waals surface area contributed by atoms with Gasteiger partial charge >= 0.3 is 0 Å². The summed E-state index contributed by atoms with van der Waals surface area (Å²) in [6.45, 7) is 2.18. The van der Waals surface area contributed by atoms with Crippen LogP contribution in [0.5, 0.6) is 0 Å². The highest BCUT2D eigenvalue weighted by atomic mass is 15.1. The predicted octanol–water partition coefficient (Wildman–Crippen LogP) is 4.64. The molecule has 0 amide bonds. The summed E-state index contributed by atoms with van der Waals surface area (Å²) in [5.74, 6) is 0. The standard InChI is InChI=1S/C15H17N3/c1-2-3-12-4-8-14(9-5-12)17-18-15-10-6-13(16)7-11-15/h4-11H,2-3,16H2,1H3/b18-17+. The van der Waals surface area contributed by atoms with Gasteiger partial charge in [0.15, 0.2) is 0 Å². The Labute approximate surface area is 107 Å². The maximum absolute atomic E-state index is 5.61. The molecule has 2 aromatic carbocycles. The first kappa shape index (κ1) is 12.3. The third-order valence-corrected chi connectivity index (χ3v) is 2.65. The Balaban J connectivity index is 2.06. The zero-order valence-electron chi connectivity index (χ0n) is 10.5. The van der Waals surface area contributed by atoms with Gasteiger partial charge in [0.25, 0.3) is 0 Å². The maximum atomic E-state index is 5.61. The number of hydrogen-bond acceptors (Lipinski definition) is 3. The summed E-state index contributed by atoms with van der Waals surface area (Å²) in [7, 11) is 0. The van der Waals surface area contributed by atoms with Gasteiger partial charge in [-0.3, -0.25) is 0 Å². The molecule has 0 saturated carbocycles. The first-order valence-corrected chi connectivity index (χ1v) is 6.14. The monoisotopic (exact) mass is 239 g/mol. The van der Waals surface area contributed by atoms with Crippen LogP contribution in [-0.2, 0) is 6.42 Å². The van der Waals surface area contributed by atoms with Crippen molar-refractivity contribution in [3.8, 4) is 0 Å². The minimum atomic E-state index is 0.734. The molecule has 0 aliphatic rings. The maximum Gasteiger partial charge on any atom is 0.0858 e. The normalized spacial score (nSPS) is 10.9. The summed E-state index contributed by atoms with van der Waals surface area (Å²) < 4.78 is 0. The zero-order valence-corrected chi connectivity index (χ0v) is 10.5. The zero-order chi connectivity index (χ0) is 12.8. The van der Waals surface area contributed by atoms with E-state index >= 15 is 0 Å². The van der Waals surface area contributed by atoms with E-state index in [1.807, 2.05) is 36.4 Å². The van der Waals surface area contributed by atoms with Gasteiger partial charge in [0.2, 0.25) is 0 Å². The lowest BCUT2D eigenvalue weighted by Crippen LogP contribution is -1.81. The Bertz CT molecular complexity index is 512. The lowest BCUT2D eigenvalue weighted by Gasteiger charge is -1.98. The Hall–Kier alpha value is -2.16. The lowest BCUT2D eigenvalue weighted by molar-refractivity contribution is 0.922. The molecule has 0 atom stereocenters. The predicted molar refractivity (Wildman–Crippen MR) is 75.5 cm³/mol. The number of aryl methyl sites for hydroxylation is 1. The molecule has 3 nitrogen and oxygen atoms in total. The van der Waals surface area contributed by atoms with E-state index in [4.69, 9.17) is 5.73 Å². The number of nitrogens with zero attached hydrogens (tertiary/aromatic N) is 2. The van der Waals surface area contributed by atoms with Crippen LogP contribution >= 0.6 is 0 Å². The second-order valence-corrected chi connectivity index (χ2v) is 4.21. The van der Waals surface area contributed by atoms with Crippen molar-refractivity contribution in [2.45, 2.75) is 19.8 Å². The van der Waals surface area contributed by atoms with Gasteiger partial charge in [-0.25, -0.2) is 0 Å². The molecule has 0 radical (unpaired) electrons. The number of hydrogen-bond donors (Lipinski definition) is 1. The highest BCUT2D eigenvalue weighted by Crippen LogP contribution is 2.19. The van der Waals surface area contributed by atoms with E-state index < -0.39 is 0 Å². The van der Waals surface area contributed by atoms with Gasteiger partial charge in [0.1, 0.15) is 0 Å². The van der Waals surface area contributed by atoms with Gasteiger partial charge in [-0.1, -0.05) is 25.5 Å². The molecule has 2 N–H and O–H groups in total. The largest absolute Gasteiger partial charge is 0.399 e. The van der Waals surface area contributed by atoms with E-state index in [0.717, 1.165) is 29.9 Å². The molecule has 0 heterocycles. The van der Waals surface area contributed by atoms with Gasteiger partial charge in [-0.15, -0.1) is 0 Å². The highest BCUT2D eigenvalue weighted by molar-refractivity contribution is 5.48. The summed E-state index contributed by atoms with van der Waals surface area (Å²) in [6, 6.07) is 15.5. The molecular formula is C15H17N3. The summed E-state index contributed by atoms with van der Waals surface area (Å²) in [6.07, 6.45) is 2.27. The van der Waals surface area contributed by atoms with Crippen molar-refractivity contribution in [3.63, 3.8) is 0 Å². The molecule has 3 heteroatoms. The van der Waals surface area contributed by atoms with Crippen LogP contribution in [0.2, 0.25) is 0 Å². The number of benzene rings is 2. The van der Waals surface area contributed by atoms with Crippen molar-refractivity contribution in [3.05, 3.63) is 54.1 Å². The van der Waals surface area contributed by atoms with Gasteiger partial charge in [0, 0.05) is 5.69 Å². The quantitative estimate of drug-likeness (QED) is 0.613. The van der Waals surface area contributed by atoms with E-state index in [0.29, 0.717) is 0 Å². The Morgan fingerprint density at radius 1 is 0.833 bits per heavy atom. The van der Waals surface area contributed by atoms with Crippen LogP contribution in [0.3, 0.4) is 0 Å². The molecular weight excluding hydrogens is 222 g/mol. The molecule has 2 rings (SSSR count). The number of nitrogens with two attached hydrogens (primary N) is 1. The molecule has 0 spiro atoms. The minimum Gasteiger partial charge on any atom is -0.399 e. The van der Waals surface area contributed by atoms with Gasteiger partial charge in [-0.05, 0) is 48.4 Å². The van der Waals surface area contributed by atoms with Crippen molar-refractivity contribution >= 4 is 17.1 Å². The fourth-order valence-corrected chi connectivity index (χ4v) is 1.67. The van der Waals surface area contributed by atoms with Crippen molar-refractivity contribution in [2.24, 2.45) is 10.2 Å². The molecule has 0 bridgehead atoms. The van der Waals surface area contributed by atoms with Crippen LogP contribution in [0.25, 0.3) is 0 Å². The van der Waals surface area contributed by atoms with E-state index in [1.165, 1.54) is 5.56 Å². The SMILES string of the molecule is CCCc1ccc(/N=N/c2ccc(N)cc2)cc1. The molecule has 0 aromatic heterocycles. The average Bonchev–Trinajstić information content (AvgIpc) is 2.40. The van der Waals surface area contributed by atoms with Crippen molar-refractivity contribution < 1.29 is 0 Å². The Kier molecular flexibility index (Phi) is 4.07. The minimum absolute atomic E-state index is 0.734. The van der Waals surface area contributed by atoms with Gasteiger partial charge in [0.05, 0.1) is 11.4 Å². The van der Waals surface area contributed by atoms with Crippen LogP contribution in [0.4, 0.5) is 17.1 Å². The first-order chi connectivity index (χ1) is 8.78. The smallest absolute Gasteiger partial charge is 0.0858 e. The van der Waals surface area contributed by atoms with Gasteiger partial charge < -0.3 is 5.73 Å². The topological polar surface area (TPSA) is 50.7 Å². The Morgan fingerprint density at radius 3 is 1.83 bits per heavy atom. The second kappa shape index (κ2) is 5.96.